The van der Waals surface area contributed by atoms with Crippen molar-refractivity contribution >= 4 is 6.29 Å². The zero-order valence-electron chi connectivity index (χ0n) is 8.96. The van der Waals surface area contributed by atoms with E-state index in [1.54, 1.807) is 0 Å². The summed E-state index contributed by atoms with van der Waals surface area (Å²) in [5.74, 6) is 0.162. The Labute approximate surface area is 85.9 Å². The highest BCUT2D eigenvalue weighted by molar-refractivity contribution is 5.53. The average Bonchev–Trinajstić information content (AvgIpc) is 2.26. The third-order valence-electron chi connectivity index (χ3n) is 3.26. The lowest BCUT2D eigenvalue weighted by atomic mass is 9.70. The number of aliphatic hydroxyl groups is 1. The molecule has 0 amide bonds. The van der Waals surface area contributed by atoms with Crippen LogP contribution in [0.3, 0.4) is 0 Å². The standard InChI is InChI=1S/C11H21NO2/c1-2-12-8-11(9-14)5-3-4-10(6-11)7-13/h7,10,12,14H,2-6,8-9H2,1H3. The molecule has 3 nitrogen and oxygen atoms in total. The highest BCUT2D eigenvalue weighted by atomic mass is 16.3. The van der Waals surface area contributed by atoms with Crippen LogP contribution in [-0.4, -0.2) is 31.1 Å². The smallest absolute Gasteiger partial charge is 0.123 e. The molecule has 0 aromatic carbocycles. The first-order valence-corrected chi connectivity index (χ1v) is 5.53. The predicted octanol–water partition coefficient (Wildman–Crippen LogP) is 0.964. The summed E-state index contributed by atoms with van der Waals surface area (Å²) in [4.78, 5) is 10.7. The van der Waals surface area contributed by atoms with E-state index in [9.17, 15) is 9.90 Å². The van der Waals surface area contributed by atoms with Crippen LogP contribution < -0.4 is 5.32 Å². The second-order valence-corrected chi connectivity index (χ2v) is 4.43. The quantitative estimate of drug-likeness (QED) is 0.648. The number of carbonyl (C=O) groups excluding carboxylic acids is 1. The van der Waals surface area contributed by atoms with Crippen molar-refractivity contribution < 1.29 is 9.90 Å². The molecule has 0 aliphatic heterocycles. The van der Waals surface area contributed by atoms with Crippen LogP contribution in [0.5, 0.6) is 0 Å². The Morgan fingerprint density at radius 3 is 3.00 bits per heavy atom. The minimum absolute atomic E-state index is 0.0418. The molecule has 1 rings (SSSR count). The van der Waals surface area contributed by atoms with Gasteiger partial charge >= 0.3 is 0 Å². The molecule has 1 aliphatic carbocycles. The van der Waals surface area contributed by atoms with Gasteiger partial charge in [-0.3, -0.25) is 0 Å². The van der Waals surface area contributed by atoms with Gasteiger partial charge in [0.2, 0.25) is 0 Å². The van der Waals surface area contributed by atoms with E-state index >= 15 is 0 Å². The maximum absolute atomic E-state index is 10.7. The number of hydrogen-bond acceptors (Lipinski definition) is 3. The molecular weight excluding hydrogens is 178 g/mol. The van der Waals surface area contributed by atoms with Crippen LogP contribution in [0.4, 0.5) is 0 Å². The van der Waals surface area contributed by atoms with Gasteiger partial charge in [0.15, 0.2) is 0 Å². The lowest BCUT2D eigenvalue weighted by Crippen LogP contribution is -2.41. The molecule has 0 spiro atoms. The van der Waals surface area contributed by atoms with Crippen molar-refractivity contribution in [1.82, 2.24) is 5.32 Å². The van der Waals surface area contributed by atoms with Crippen LogP contribution in [0, 0.1) is 11.3 Å². The summed E-state index contributed by atoms with van der Waals surface area (Å²) in [6.45, 7) is 4.02. The number of aliphatic hydroxyl groups excluding tert-OH is 1. The number of rotatable bonds is 5. The van der Waals surface area contributed by atoms with Crippen molar-refractivity contribution in [3.05, 3.63) is 0 Å². The topological polar surface area (TPSA) is 49.3 Å². The maximum Gasteiger partial charge on any atom is 0.123 e. The van der Waals surface area contributed by atoms with Crippen LogP contribution in [-0.2, 0) is 4.79 Å². The fourth-order valence-corrected chi connectivity index (χ4v) is 2.37. The van der Waals surface area contributed by atoms with Gasteiger partial charge in [-0.1, -0.05) is 13.3 Å². The summed E-state index contributed by atoms with van der Waals surface area (Å²) in [5, 5.41) is 12.7. The second kappa shape index (κ2) is 5.47. The summed E-state index contributed by atoms with van der Waals surface area (Å²) in [5.41, 5.74) is -0.0418. The highest BCUT2D eigenvalue weighted by Gasteiger charge is 2.35. The van der Waals surface area contributed by atoms with E-state index in [1.807, 2.05) is 0 Å². The summed E-state index contributed by atoms with van der Waals surface area (Å²) in [6, 6.07) is 0. The van der Waals surface area contributed by atoms with Gasteiger partial charge in [-0.25, -0.2) is 0 Å². The summed E-state index contributed by atoms with van der Waals surface area (Å²) < 4.78 is 0. The Morgan fingerprint density at radius 2 is 2.43 bits per heavy atom. The van der Waals surface area contributed by atoms with E-state index in [0.29, 0.717) is 0 Å². The molecule has 0 radical (unpaired) electrons. The Bertz CT molecular complexity index is 184. The van der Waals surface area contributed by atoms with Crippen LogP contribution in [0.1, 0.15) is 32.6 Å². The van der Waals surface area contributed by atoms with Crippen molar-refractivity contribution in [2.45, 2.75) is 32.6 Å². The van der Waals surface area contributed by atoms with Crippen LogP contribution in [0.15, 0.2) is 0 Å². The molecule has 2 unspecified atom stereocenters. The molecule has 0 heterocycles. The number of carbonyl (C=O) groups is 1. The van der Waals surface area contributed by atoms with Crippen molar-refractivity contribution in [3.8, 4) is 0 Å². The van der Waals surface area contributed by atoms with Gasteiger partial charge < -0.3 is 15.2 Å². The molecule has 1 fully saturated rings. The molecule has 3 heteroatoms. The Balaban J connectivity index is 2.53. The fourth-order valence-electron chi connectivity index (χ4n) is 2.37. The second-order valence-electron chi connectivity index (χ2n) is 4.43. The Hall–Kier alpha value is -0.410. The van der Waals surface area contributed by atoms with Gasteiger partial charge in [-0.2, -0.15) is 0 Å². The molecule has 0 saturated heterocycles. The van der Waals surface area contributed by atoms with Crippen molar-refractivity contribution in [3.63, 3.8) is 0 Å². The lowest BCUT2D eigenvalue weighted by Gasteiger charge is -2.38. The number of nitrogens with one attached hydrogen (secondary N) is 1. The van der Waals surface area contributed by atoms with Crippen molar-refractivity contribution in [2.24, 2.45) is 11.3 Å². The van der Waals surface area contributed by atoms with Crippen LogP contribution in [0.25, 0.3) is 0 Å². The zero-order chi connectivity index (χ0) is 10.4. The van der Waals surface area contributed by atoms with E-state index in [0.717, 1.165) is 45.1 Å². The first-order valence-electron chi connectivity index (χ1n) is 5.53. The van der Waals surface area contributed by atoms with E-state index in [1.165, 1.54) is 0 Å². The van der Waals surface area contributed by atoms with Gasteiger partial charge in [-0.05, 0) is 25.8 Å². The van der Waals surface area contributed by atoms with E-state index < -0.39 is 0 Å². The van der Waals surface area contributed by atoms with Gasteiger partial charge in [0, 0.05) is 24.5 Å². The largest absolute Gasteiger partial charge is 0.396 e. The SMILES string of the molecule is CCNCC1(CO)CCCC(C=O)C1. The zero-order valence-corrected chi connectivity index (χ0v) is 8.96. The highest BCUT2D eigenvalue weighted by Crippen LogP contribution is 2.37. The molecule has 0 aromatic rings. The average molecular weight is 199 g/mol. The first-order chi connectivity index (χ1) is 6.76. The fraction of sp³-hybridized carbons (Fsp3) is 0.909. The predicted molar refractivity (Wildman–Crippen MR) is 56.1 cm³/mol. The van der Waals surface area contributed by atoms with E-state index in [4.69, 9.17) is 0 Å². The van der Waals surface area contributed by atoms with Crippen LogP contribution in [0.2, 0.25) is 0 Å². The summed E-state index contributed by atoms with van der Waals surface area (Å²) in [7, 11) is 0. The first kappa shape index (κ1) is 11.7. The van der Waals surface area contributed by atoms with Crippen molar-refractivity contribution in [2.75, 3.05) is 19.7 Å². The van der Waals surface area contributed by atoms with Gasteiger partial charge in [-0.15, -0.1) is 0 Å². The Morgan fingerprint density at radius 1 is 1.64 bits per heavy atom. The molecule has 2 atom stereocenters. The minimum Gasteiger partial charge on any atom is -0.396 e. The summed E-state index contributed by atoms with van der Waals surface area (Å²) >= 11 is 0. The number of hydrogen-bond donors (Lipinski definition) is 2. The third-order valence-corrected chi connectivity index (χ3v) is 3.26. The number of aldehydes is 1. The molecule has 2 N–H and O–H groups in total. The van der Waals surface area contributed by atoms with E-state index in [-0.39, 0.29) is 17.9 Å². The molecule has 82 valence electrons. The minimum atomic E-state index is -0.0418. The summed E-state index contributed by atoms with van der Waals surface area (Å²) in [6.07, 6.45) is 5.00. The lowest BCUT2D eigenvalue weighted by molar-refractivity contribution is -0.113. The molecule has 1 saturated carbocycles. The monoisotopic (exact) mass is 199 g/mol. The maximum atomic E-state index is 10.7. The molecule has 0 bridgehead atoms. The van der Waals surface area contributed by atoms with E-state index in [2.05, 4.69) is 12.2 Å². The van der Waals surface area contributed by atoms with Gasteiger partial charge in [0.05, 0.1) is 0 Å². The molecular formula is C11H21NO2. The molecule has 0 aromatic heterocycles. The third kappa shape index (κ3) is 2.79. The van der Waals surface area contributed by atoms with Gasteiger partial charge in [0.25, 0.3) is 0 Å². The van der Waals surface area contributed by atoms with Crippen LogP contribution >= 0.6 is 0 Å². The normalized spacial score (nSPS) is 32.9. The molecule has 14 heavy (non-hydrogen) atoms. The van der Waals surface area contributed by atoms with Crippen molar-refractivity contribution in [1.29, 1.82) is 0 Å². The Kier molecular flexibility index (Phi) is 4.55. The van der Waals surface area contributed by atoms with Gasteiger partial charge in [0.1, 0.15) is 6.29 Å². The molecule has 1 aliphatic rings.